The Morgan fingerprint density at radius 2 is 1.04 bits per heavy atom. The quantitative estimate of drug-likeness (QED) is 0.0282. The summed E-state index contributed by atoms with van der Waals surface area (Å²) in [6, 6.07) is 18.8. The van der Waals surface area contributed by atoms with Gasteiger partial charge in [-0.3, -0.25) is 10.1 Å². The van der Waals surface area contributed by atoms with E-state index in [9.17, 15) is 49.0 Å². The van der Waals surface area contributed by atoms with Crippen molar-refractivity contribution in [3.63, 3.8) is 0 Å². The number of nitro groups is 1. The number of nitro benzene ring substituents is 1. The molecule has 0 aliphatic rings. The van der Waals surface area contributed by atoms with Gasteiger partial charge in [0.1, 0.15) is 36.0 Å². The number of nitrogens with two attached hydrogens (primary N) is 1. The number of rotatable bonds is 10. The fourth-order valence-corrected chi connectivity index (χ4v) is 6.67. The molecule has 0 bridgehead atoms. The molecule has 0 atom stereocenters. The van der Waals surface area contributed by atoms with Gasteiger partial charge in [0.25, 0.3) is 5.69 Å². The van der Waals surface area contributed by atoms with Crippen LogP contribution < -0.4 is 94.4 Å². The fourth-order valence-electron chi connectivity index (χ4n) is 4.60. The Hall–Kier alpha value is -2.77. The molecule has 0 amide bonds. The van der Waals surface area contributed by atoms with Crippen LogP contribution in [0.15, 0.2) is 126 Å². The molecule has 5 aromatic carbocycles. The molecule has 0 radical (unpaired) electrons. The molecular formula is C30H19N6Na3O11S3. The SMILES string of the molecule is Nc1cc(N=Nc2ccc(/C=C/c3ccc([N+](=O)[O-])cc3S(=O)(=O)[O-])c(S(=O)(=O)[O-])c2)ccc1N=Nc1cccc2c(S(=O)(=O)[O-])cccc12.[Na+].[Na+].[Na+]. The van der Waals surface area contributed by atoms with E-state index in [0.29, 0.717) is 11.5 Å². The van der Waals surface area contributed by atoms with Crippen LogP contribution in [0.1, 0.15) is 11.1 Å². The number of nitrogen functional groups attached to an aromatic ring is 1. The van der Waals surface area contributed by atoms with Crippen LogP contribution in [0.4, 0.5) is 34.1 Å². The first kappa shape index (κ1) is 46.4. The van der Waals surface area contributed by atoms with E-state index in [1.165, 1.54) is 54.6 Å². The number of benzene rings is 5. The molecule has 0 saturated heterocycles. The Morgan fingerprint density at radius 1 is 0.547 bits per heavy atom. The van der Waals surface area contributed by atoms with Gasteiger partial charge in [-0.15, -0.1) is 10.2 Å². The van der Waals surface area contributed by atoms with Crippen LogP contribution in [0.3, 0.4) is 0 Å². The van der Waals surface area contributed by atoms with Crippen LogP contribution in [-0.4, -0.2) is 43.8 Å². The van der Waals surface area contributed by atoms with Crippen molar-refractivity contribution < 1.29 is 133 Å². The molecule has 5 rings (SSSR count). The van der Waals surface area contributed by atoms with E-state index in [1.807, 2.05) is 0 Å². The molecule has 23 heteroatoms. The van der Waals surface area contributed by atoms with Crippen molar-refractivity contribution >= 4 is 87.4 Å². The first-order valence-electron chi connectivity index (χ1n) is 13.6. The Labute approximate surface area is 368 Å². The number of azo groups is 2. The van der Waals surface area contributed by atoms with E-state index in [4.69, 9.17) is 5.73 Å². The number of fused-ring (bicyclic) bond motifs is 1. The van der Waals surface area contributed by atoms with Gasteiger partial charge in [-0.2, -0.15) is 10.2 Å². The number of hydrogen-bond acceptors (Lipinski definition) is 16. The minimum Gasteiger partial charge on any atom is -0.744 e. The summed E-state index contributed by atoms with van der Waals surface area (Å²) < 4.78 is 106. The van der Waals surface area contributed by atoms with Crippen LogP contribution in [0.25, 0.3) is 22.9 Å². The average Bonchev–Trinajstić information content (AvgIpc) is 3.04. The van der Waals surface area contributed by atoms with E-state index in [2.05, 4.69) is 20.5 Å². The topological polar surface area (TPSA) is 290 Å². The van der Waals surface area contributed by atoms with Gasteiger partial charge in [-0.1, -0.05) is 42.5 Å². The normalized spacial score (nSPS) is 12.1. The van der Waals surface area contributed by atoms with Gasteiger partial charge in [-0.25, -0.2) is 25.3 Å². The second-order valence-corrected chi connectivity index (χ2v) is 14.2. The molecule has 17 nitrogen and oxygen atoms in total. The van der Waals surface area contributed by atoms with Gasteiger partial charge < -0.3 is 19.4 Å². The molecule has 256 valence electrons. The standard InChI is InChI=1S/C30H22N6O11S3.3Na/c31-25-15-20(12-14-27(25)35-34-26-5-1-4-24-23(26)3-2-6-28(24)48(39,40)41)32-33-21-11-9-18(29(16-21)49(42,43)44)7-8-19-10-13-22(36(37)38)17-30(19)50(45,46)47;;;/h1-17H,31H2,(H,39,40,41)(H,42,43,44)(H,45,46,47);;;/q;3*+1/p-3/b8-7+,33-32?,35-34?;;;. The molecule has 0 aromatic heterocycles. The smallest absolute Gasteiger partial charge is 0.744 e. The van der Waals surface area contributed by atoms with Gasteiger partial charge in [-0.05, 0) is 59.7 Å². The van der Waals surface area contributed by atoms with Crippen LogP contribution >= 0.6 is 0 Å². The van der Waals surface area contributed by atoms with Gasteiger partial charge in [0, 0.05) is 22.9 Å². The predicted molar refractivity (Wildman–Crippen MR) is 176 cm³/mol. The average molecular weight is 805 g/mol. The summed E-state index contributed by atoms with van der Waals surface area (Å²) in [5, 5.41) is 27.7. The third-order valence-electron chi connectivity index (χ3n) is 6.87. The number of non-ortho nitro benzene ring substituents is 1. The number of hydrogen-bond donors (Lipinski definition) is 1. The minimum absolute atomic E-state index is 0. The van der Waals surface area contributed by atoms with Crippen LogP contribution in [0.5, 0.6) is 0 Å². The summed E-state index contributed by atoms with van der Waals surface area (Å²) in [4.78, 5) is 8.03. The summed E-state index contributed by atoms with van der Waals surface area (Å²) >= 11 is 0. The van der Waals surface area contributed by atoms with E-state index in [1.54, 1.807) is 12.1 Å². The molecule has 0 aliphatic carbocycles. The van der Waals surface area contributed by atoms with Crippen LogP contribution in [-0.2, 0) is 30.4 Å². The zero-order chi connectivity index (χ0) is 36.4. The second-order valence-electron chi connectivity index (χ2n) is 10.2. The number of anilines is 1. The van der Waals surface area contributed by atoms with E-state index in [-0.39, 0.29) is 134 Å². The monoisotopic (exact) mass is 804 g/mol. The van der Waals surface area contributed by atoms with Crippen molar-refractivity contribution in [1.29, 1.82) is 0 Å². The first-order valence-corrected chi connectivity index (χ1v) is 17.9. The third-order valence-corrected chi connectivity index (χ3v) is 9.55. The van der Waals surface area contributed by atoms with Gasteiger partial charge in [0.05, 0.1) is 42.4 Å². The van der Waals surface area contributed by atoms with Gasteiger partial charge in [0.15, 0.2) is 0 Å². The van der Waals surface area contributed by atoms with Crippen molar-refractivity contribution in [2.24, 2.45) is 20.5 Å². The van der Waals surface area contributed by atoms with Crippen molar-refractivity contribution in [2.75, 3.05) is 5.73 Å². The van der Waals surface area contributed by atoms with Crippen molar-refractivity contribution in [1.82, 2.24) is 0 Å². The molecular weight excluding hydrogens is 786 g/mol. The molecule has 0 heterocycles. The molecule has 0 aliphatic heterocycles. The molecule has 0 unspecified atom stereocenters. The zero-order valence-corrected chi connectivity index (χ0v) is 36.3. The van der Waals surface area contributed by atoms with E-state index < -0.39 is 55.7 Å². The number of nitrogens with zero attached hydrogens (tertiary/aromatic N) is 5. The Morgan fingerprint density at radius 3 is 1.60 bits per heavy atom. The molecule has 5 aromatic rings. The maximum atomic E-state index is 12.1. The molecule has 0 fully saturated rings. The summed E-state index contributed by atoms with van der Waals surface area (Å²) in [5.74, 6) is 0. The van der Waals surface area contributed by atoms with Crippen LogP contribution in [0, 0.1) is 10.1 Å². The fraction of sp³-hybridized carbons (Fsp3) is 0. The Balaban J connectivity index is 0.00000324. The van der Waals surface area contributed by atoms with Gasteiger partial charge in [0.2, 0.25) is 0 Å². The summed E-state index contributed by atoms with van der Waals surface area (Å²) in [6.45, 7) is 0. The Kier molecular flexibility index (Phi) is 16.4. The van der Waals surface area contributed by atoms with Crippen molar-refractivity contribution in [3.05, 3.63) is 112 Å². The summed E-state index contributed by atoms with van der Waals surface area (Å²) in [7, 11) is -15.0. The van der Waals surface area contributed by atoms with Crippen LogP contribution in [0.2, 0.25) is 0 Å². The summed E-state index contributed by atoms with van der Waals surface area (Å²) in [5.41, 5.74) is 5.62. The molecule has 53 heavy (non-hydrogen) atoms. The van der Waals surface area contributed by atoms with Crippen molar-refractivity contribution in [3.8, 4) is 0 Å². The minimum atomic E-state index is -5.17. The summed E-state index contributed by atoms with van der Waals surface area (Å²) in [6.07, 6.45) is 2.05. The van der Waals surface area contributed by atoms with Crippen molar-refractivity contribution in [2.45, 2.75) is 14.7 Å². The van der Waals surface area contributed by atoms with Gasteiger partial charge >= 0.3 is 88.7 Å². The molecule has 0 spiro atoms. The maximum Gasteiger partial charge on any atom is 1.00 e. The second kappa shape index (κ2) is 18.7. The Bertz CT molecular complexity index is 2640. The largest absolute Gasteiger partial charge is 1.00 e. The van der Waals surface area contributed by atoms with E-state index in [0.717, 1.165) is 30.4 Å². The third kappa shape index (κ3) is 11.6. The molecule has 0 saturated carbocycles. The predicted octanol–water partition coefficient (Wildman–Crippen LogP) is -2.94. The zero-order valence-electron chi connectivity index (χ0n) is 27.8. The maximum absolute atomic E-state index is 12.1. The molecule has 2 N–H and O–H groups in total. The van der Waals surface area contributed by atoms with E-state index >= 15 is 0 Å². The first-order chi connectivity index (χ1) is 23.4.